The van der Waals surface area contributed by atoms with E-state index in [0.717, 1.165) is 12.3 Å². The van der Waals surface area contributed by atoms with Crippen molar-refractivity contribution >= 4 is 29.0 Å². The lowest BCUT2D eigenvalue weighted by atomic mass is 9.95. The quantitative estimate of drug-likeness (QED) is 0.602. The van der Waals surface area contributed by atoms with E-state index < -0.39 is 17.5 Å². The number of nitrogens with zero attached hydrogens (tertiary/aromatic N) is 3. The number of rotatable bonds is 4. The highest BCUT2D eigenvalue weighted by Gasteiger charge is 2.33. The van der Waals surface area contributed by atoms with Gasteiger partial charge in [0.05, 0.1) is 10.6 Å². The van der Waals surface area contributed by atoms with Crippen LogP contribution in [0.15, 0.2) is 45.8 Å². The van der Waals surface area contributed by atoms with E-state index in [1.807, 2.05) is 0 Å². The van der Waals surface area contributed by atoms with Crippen molar-refractivity contribution in [3.63, 3.8) is 0 Å². The molecule has 1 saturated heterocycles. The molecule has 1 amide bonds. The summed E-state index contributed by atoms with van der Waals surface area (Å²) in [7, 11) is 0. The Morgan fingerprint density at radius 2 is 2.00 bits per heavy atom. The number of benzene rings is 1. The normalized spacial score (nSPS) is 15.1. The van der Waals surface area contributed by atoms with Crippen molar-refractivity contribution in [1.82, 2.24) is 15.1 Å². The number of piperidine rings is 1. The van der Waals surface area contributed by atoms with Crippen molar-refractivity contribution in [2.24, 2.45) is 5.92 Å². The summed E-state index contributed by atoms with van der Waals surface area (Å²) in [5, 5.41) is 6.38. The minimum Gasteiger partial charge on any atom is -0.355 e. The number of aromatic nitrogens is 3. The van der Waals surface area contributed by atoms with Crippen molar-refractivity contribution in [3.8, 4) is 11.4 Å². The minimum absolute atomic E-state index is 0.0783. The van der Waals surface area contributed by atoms with Crippen molar-refractivity contribution in [1.29, 1.82) is 0 Å². The highest BCUT2D eigenvalue weighted by Crippen LogP contribution is 2.34. The smallest absolute Gasteiger partial charge is 0.355 e. The molecule has 1 aliphatic rings. The van der Waals surface area contributed by atoms with Gasteiger partial charge in [-0.2, -0.15) is 13.2 Å². The molecule has 0 spiro atoms. The minimum atomic E-state index is -4.51. The summed E-state index contributed by atoms with van der Waals surface area (Å²) in [5.41, 5.74) is 0.204. The van der Waals surface area contributed by atoms with Gasteiger partial charge in [0.25, 0.3) is 0 Å². The SMILES string of the molecule is O=C(Nc1cccc(-c2noc(=O)[nH]2)c1)C1CCN(c2ncc(C(F)(F)F)cc2Cl)CC1. The summed E-state index contributed by atoms with van der Waals surface area (Å²) in [4.78, 5) is 31.9. The molecule has 32 heavy (non-hydrogen) atoms. The Morgan fingerprint density at radius 3 is 2.62 bits per heavy atom. The summed E-state index contributed by atoms with van der Waals surface area (Å²) in [6.07, 6.45) is -2.78. The maximum atomic E-state index is 12.8. The lowest BCUT2D eigenvalue weighted by Crippen LogP contribution is -2.38. The number of amides is 1. The molecule has 0 aliphatic carbocycles. The largest absolute Gasteiger partial charge is 0.439 e. The molecular formula is C20H17ClF3N5O3. The molecule has 4 rings (SSSR count). The maximum absolute atomic E-state index is 12.8. The zero-order chi connectivity index (χ0) is 22.9. The average molecular weight is 468 g/mol. The highest BCUT2D eigenvalue weighted by atomic mass is 35.5. The van der Waals surface area contributed by atoms with Crippen LogP contribution in [-0.4, -0.2) is 34.1 Å². The number of carbonyl (C=O) groups excluding carboxylic acids is 1. The molecule has 0 saturated carbocycles. The van der Waals surface area contributed by atoms with Crippen LogP contribution in [0.4, 0.5) is 24.7 Å². The van der Waals surface area contributed by atoms with E-state index in [4.69, 9.17) is 11.6 Å². The second-order valence-corrected chi connectivity index (χ2v) is 7.71. The predicted molar refractivity (Wildman–Crippen MR) is 110 cm³/mol. The number of hydrogen-bond donors (Lipinski definition) is 2. The summed E-state index contributed by atoms with van der Waals surface area (Å²) in [5.74, 6) is -0.617. The van der Waals surface area contributed by atoms with Gasteiger partial charge < -0.3 is 10.2 Å². The molecule has 0 radical (unpaired) electrons. The third-order valence-electron chi connectivity index (χ3n) is 5.16. The first-order valence-electron chi connectivity index (χ1n) is 9.65. The maximum Gasteiger partial charge on any atom is 0.439 e. The molecule has 12 heteroatoms. The molecule has 0 bridgehead atoms. The van der Waals surface area contributed by atoms with Crippen molar-refractivity contribution in [2.45, 2.75) is 19.0 Å². The number of carbonyl (C=O) groups is 1. The van der Waals surface area contributed by atoms with Crippen LogP contribution in [0.3, 0.4) is 0 Å². The number of pyridine rings is 1. The van der Waals surface area contributed by atoms with Gasteiger partial charge in [-0.1, -0.05) is 28.9 Å². The summed E-state index contributed by atoms with van der Waals surface area (Å²) in [6.45, 7) is 0.854. The van der Waals surface area contributed by atoms with Crippen LogP contribution in [0.5, 0.6) is 0 Å². The van der Waals surface area contributed by atoms with Crippen molar-refractivity contribution in [3.05, 3.63) is 57.7 Å². The van der Waals surface area contributed by atoms with Gasteiger partial charge in [0, 0.05) is 36.5 Å². The first kappa shape index (κ1) is 21.9. The van der Waals surface area contributed by atoms with Crippen LogP contribution in [0.1, 0.15) is 18.4 Å². The first-order valence-corrected chi connectivity index (χ1v) is 10.0. The van der Waals surface area contributed by atoms with Crippen LogP contribution in [-0.2, 0) is 11.0 Å². The number of nitrogens with one attached hydrogen (secondary N) is 2. The standard InChI is InChI=1S/C20H17ClF3N5O3/c21-15-9-13(20(22,23)24)10-25-17(15)29-6-4-11(5-7-29)18(30)26-14-3-1-2-12(8-14)16-27-19(31)32-28-16/h1-3,8-11H,4-7H2,(H,26,30)(H,27,28,31). The number of halogens is 4. The van der Waals surface area contributed by atoms with E-state index in [0.29, 0.717) is 37.2 Å². The third kappa shape index (κ3) is 4.77. The lowest BCUT2D eigenvalue weighted by molar-refractivity contribution is -0.137. The van der Waals surface area contributed by atoms with E-state index in [9.17, 15) is 22.8 Å². The Morgan fingerprint density at radius 1 is 1.25 bits per heavy atom. The van der Waals surface area contributed by atoms with E-state index in [1.54, 1.807) is 29.2 Å². The number of anilines is 2. The van der Waals surface area contributed by atoms with E-state index in [1.165, 1.54) is 0 Å². The predicted octanol–water partition coefficient (Wildman–Crippen LogP) is 3.95. The van der Waals surface area contributed by atoms with Gasteiger partial charge in [-0.3, -0.25) is 14.3 Å². The molecule has 2 N–H and O–H groups in total. The Balaban J connectivity index is 1.38. The van der Waals surface area contributed by atoms with Gasteiger partial charge in [-0.25, -0.2) is 9.78 Å². The Hall–Kier alpha value is -3.34. The van der Waals surface area contributed by atoms with Crippen LogP contribution in [0.2, 0.25) is 5.02 Å². The van der Waals surface area contributed by atoms with Crippen molar-refractivity contribution < 1.29 is 22.5 Å². The van der Waals surface area contributed by atoms with Crippen LogP contribution in [0, 0.1) is 5.92 Å². The van der Waals surface area contributed by atoms with E-state index in [-0.39, 0.29) is 28.5 Å². The topological polar surface area (TPSA) is 104 Å². The fourth-order valence-electron chi connectivity index (χ4n) is 3.51. The Bertz CT molecular complexity index is 1190. The highest BCUT2D eigenvalue weighted by molar-refractivity contribution is 6.33. The first-order chi connectivity index (χ1) is 15.2. The second kappa shape index (κ2) is 8.65. The molecule has 1 aliphatic heterocycles. The molecule has 8 nitrogen and oxygen atoms in total. The summed E-state index contributed by atoms with van der Waals surface area (Å²) in [6, 6.07) is 7.65. The number of alkyl halides is 3. The molecular weight excluding hydrogens is 451 g/mol. The molecule has 1 aromatic carbocycles. The van der Waals surface area contributed by atoms with E-state index in [2.05, 4.69) is 25.0 Å². The van der Waals surface area contributed by atoms with Gasteiger partial charge >= 0.3 is 11.9 Å². The monoisotopic (exact) mass is 467 g/mol. The van der Waals surface area contributed by atoms with E-state index >= 15 is 0 Å². The molecule has 168 valence electrons. The van der Waals surface area contributed by atoms with Gasteiger partial charge in [-0.05, 0) is 31.0 Å². The number of H-pyrrole nitrogens is 1. The number of hydrogen-bond acceptors (Lipinski definition) is 6. The number of aromatic amines is 1. The molecule has 2 aromatic heterocycles. The molecule has 1 fully saturated rings. The fourth-order valence-corrected chi connectivity index (χ4v) is 3.80. The van der Waals surface area contributed by atoms with Gasteiger partial charge in [-0.15, -0.1) is 0 Å². The van der Waals surface area contributed by atoms with Gasteiger partial charge in [0.15, 0.2) is 5.82 Å². The molecule has 0 atom stereocenters. The van der Waals surface area contributed by atoms with Crippen LogP contribution >= 0.6 is 11.6 Å². The van der Waals surface area contributed by atoms with Gasteiger partial charge in [0.2, 0.25) is 5.91 Å². The second-order valence-electron chi connectivity index (χ2n) is 7.30. The third-order valence-corrected chi connectivity index (χ3v) is 5.44. The lowest BCUT2D eigenvalue weighted by Gasteiger charge is -2.32. The zero-order valence-electron chi connectivity index (χ0n) is 16.4. The van der Waals surface area contributed by atoms with Gasteiger partial charge in [0.1, 0.15) is 5.82 Å². The molecule has 3 aromatic rings. The summed E-state index contributed by atoms with van der Waals surface area (Å²) >= 11 is 6.02. The Labute approximate surface area is 184 Å². The summed E-state index contributed by atoms with van der Waals surface area (Å²) < 4.78 is 42.9. The molecule has 3 heterocycles. The van der Waals surface area contributed by atoms with Crippen molar-refractivity contribution in [2.75, 3.05) is 23.3 Å². The zero-order valence-corrected chi connectivity index (χ0v) is 17.2. The average Bonchev–Trinajstić information content (AvgIpc) is 3.20. The molecule has 0 unspecified atom stereocenters. The van der Waals surface area contributed by atoms with Crippen LogP contribution in [0.25, 0.3) is 11.4 Å². The Kier molecular flexibility index (Phi) is 5.92. The fraction of sp³-hybridized carbons (Fsp3) is 0.300. The van der Waals surface area contributed by atoms with Crippen LogP contribution < -0.4 is 16.0 Å².